The third-order valence-corrected chi connectivity index (χ3v) is 5.20. The van der Waals surface area contributed by atoms with Gasteiger partial charge in [0.15, 0.2) is 0 Å². The second kappa shape index (κ2) is 8.22. The monoisotopic (exact) mass is 379 g/mol. The molecule has 2 atom stereocenters. The van der Waals surface area contributed by atoms with E-state index in [4.69, 9.17) is 27.0 Å². The Morgan fingerprint density at radius 2 is 1.75 bits per heavy atom. The van der Waals surface area contributed by atoms with Crippen LogP contribution in [0.3, 0.4) is 0 Å². The molecule has 1 heterocycles. The topological polar surface area (TPSA) is 129 Å². The van der Waals surface area contributed by atoms with E-state index in [0.29, 0.717) is 30.8 Å². The van der Waals surface area contributed by atoms with Gasteiger partial charge in [0.25, 0.3) is 0 Å². The summed E-state index contributed by atoms with van der Waals surface area (Å²) in [5, 5.41) is 15.1. The lowest BCUT2D eigenvalue weighted by Gasteiger charge is -2.17. The van der Waals surface area contributed by atoms with Gasteiger partial charge in [0.1, 0.15) is 11.7 Å². The van der Waals surface area contributed by atoms with Crippen molar-refractivity contribution in [3.05, 3.63) is 70.8 Å². The molecule has 146 valence electrons. The van der Waals surface area contributed by atoms with Crippen LogP contribution < -0.4 is 11.5 Å². The van der Waals surface area contributed by atoms with Crippen LogP contribution in [0.1, 0.15) is 28.2 Å². The lowest BCUT2D eigenvalue weighted by molar-refractivity contribution is -0.145. The maximum atomic E-state index is 12.4. The molecule has 0 saturated carbocycles. The Morgan fingerprint density at radius 3 is 2.36 bits per heavy atom. The van der Waals surface area contributed by atoms with Gasteiger partial charge < -0.3 is 16.2 Å². The molecule has 1 saturated heterocycles. The molecule has 0 aliphatic carbocycles. The molecule has 1 fully saturated rings. The largest absolute Gasteiger partial charge is 0.469 e. The number of esters is 1. The zero-order valence-corrected chi connectivity index (χ0v) is 15.8. The van der Waals surface area contributed by atoms with Crippen molar-refractivity contribution in [2.75, 3.05) is 20.2 Å². The maximum absolute atomic E-state index is 12.4. The molecule has 2 aromatic rings. The number of ether oxygens (including phenoxy) is 1. The number of nitrogens with two attached hydrogens (primary N) is 2. The van der Waals surface area contributed by atoms with Gasteiger partial charge >= 0.3 is 5.97 Å². The average molecular weight is 379 g/mol. The number of nitrogens with zero attached hydrogens (tertiary/aromatic N) is 1. The molecular formula is C21H25N5O2. The zero-order chi connectivity index (χ0) is 20.3. The van der Waals surface area contributed by atoms with Crippen LogP contribution in [0, 0.1) is 16.7 Å². The number of likely N-dealkylation sites (tertiary alicyclic amines) is 1. The first-order valence-electron chi connectivity index (χ1n) is 9.07. The third-order valence-electron chi connectivity index (χ3n) is 5.20. The highest BCUT2D eigenvalue weighted by Crippen LogP contribution is 2.34. The molecule has 28 heavy (non-hydrogen) atoms. The van der Waals surface area contributed by atoms with Gasteiger partial charge in [-0.25, -0.2) is 0 Å². The summed E-state index contributed by atoms with van der Waals surface area (Å²) in [6.45, 7) is 1.99. The highest BCUT2D eigenvalue weighted by molar-refractivity contribution is 5.95. The fourth-order valence-electron chi connectivity index (χ4n) is 3.73. The molecule has 6 N–H and O–H groups in total. The van der Waals surface area contributed by atoms with E-state index in [1.165, 1.54) is 7.11 Å². The number of methoxy groups -OCH3 is 1. The van der Waals surface area contributed by atoms with Crippen LogP contribution in [-0.4, -0.2) is 42.7 Å². The molecule has 2 aromatic carbocycles. The van der Waals surface area contributed by atoms with Crippen LogP contribution in [0.2, 0.25) is 0 Å². The molecule has 3 rings (SSSR count). The summed E-state index contributed by atoms with van der Waals surface area (Å²) >= 11 is 0. The minimum absolute atomic E-state index is 0.0110. The minimum Gasteiger partial charge on any atom is -0.469 e. The standard InChI is InChI=1S/C21H25N5O2/c1-28-21(27)18-12-26(10-13-5-7-14(8-6-13)19(22)23)11-17(18)15-3-2-4-16(9-15)20(24)25/h2-9,17-18H,10-12H2,1H3,(H3,22,23)(H3,24,25)/t17-,18+/m0/s1. The minimum atomic E-state index is -0.274. The smallest absolute Gasteiger partial charge is 0.310 e. The molecular weight excluding hydrogens is 354 g/mol. The maximum Gasteiger partial charge on any atom is 0.310 e. The summed E-state index contributed by atoms with van der Waals surface area (Å²) < 4.78 is 5.03. The molecule has 7 nitrogen and oxygen atoms in total. The summed E-state index contributed by atoms with van der Waals surface area (Å²) in [5.41, 5.74) is 14.5. The lowest BCUT2D eigenvalue weighted by atomic mass is 9.88. The Labute approximate surface area is 164 Å². The van der Waals surface area contributed by atoms with E-state index >= 15 is 0 Å². The van der Waals surface area contributed by atoms with Crippen LogP contribution in [0.25, 0.3) is 0 Å². The number of benzene rings is 2. The molecule has 0 bridgehead atoms. The van der Waals surface area contributed by atoms with Gasteiger partial charge in [-0.2, -0.15) is 0 Å². The van der Waals surface area contributed by atoms with Crippen LogP contribution >= 0.6 is 0 Å². The van der Waals surface area contributed by atoms with Gasteiger partial charge in [-0.1, -0.05) is 42.5 Å². The number of nitrogen functional groups attached to an aromatic ring is 2. The average Bonchev–Trinajstić information content (AvgIpc) is 3.11. The Balaban J connectivity index is 1.80. The fourth-order valence-corrected chi connectivity index (χ4v) is 3.73. The first-order valence-corrected chi connectivity index (χ1v) is 9.07. The van der Waals surface area contributed by atoms with Crippen LogP contribution in [0.4, 0.5) is 0 Å². The number of hydrogen-bond donors (Lipinski definition) is 4. The van der Waals surface area contributed by atoms with Gasteiger partial charge in [0, 0.05) is 36.7 Å². The first-order chi connectivity index (χ1) is 13.4. The van der Waals surface area contributed by atoms with Gasteiger partial charge in [0.05, 0.1) is 13.0 Å². The molecule has 0 spiro atoms. The lowest BCUT2D eigenvalue weighted by Crippen LogP contribution is -2.24. The number of hydrogen-bond acceptors (Lipinski definition) is 5. The highest BCUT2D eigenvalue weighted by atomic mass is 16.5. The number of amidine groups is 2. The van der Waals surface area contributed by atoms with E-state index < -0.39 is 0 Å². The van der Waals surface area contributed by atoms with Crippen molar-refractivity contribution >= 4 is 17.6 Å². The van der Waals surface area contributed by atoms with E-state index in [1.807, 2.05) is 42.5 Å². The highest BCUT2D eigenvalue weighted by Gasteiger charge is 2.39. The van der Waals surface area contributed by atoms with Crippen molar-refractivity contribution < 1.29 is 9.53 Å². The molecule has 1 aliphatic heterocycles. The van der Waals surface area contributed by atoms with Crippen molar-refractivity contribution in [3.8, 4) is 0 Å². The molecule has 1 aliphatic rings. The number of carbonyl (C=O) groups is 1. The van der Waals surface area contributed by atoms with Gasteiger partial charge in [0.2, 0.25) is 0 Å². The summed E-state index contributed by atoms with van der Waals surface area (Å²) in [6.07, 6.45) is 0. The molecule has 0 unspecified atom stereocenters. The normalized spacial score (nSPS) is 19.3. The SMILES string of the molecule is COC(=O)[C@@H]1CN(Cc2ccc(C(=N)N)cc2)C[C@H]1c1cccc(C(=N)N)c1. The van der Waals surface area contributed by atoms with E-state index in [9.17, 15) is 4.79 Å². The molecule has 0 amide bonds. The quantitative estimate of drug-likeness (QED) is 0.344. The second-order valence-corrected chi connectivity index (χ2v) is 7.08. The van der Waals surface area contributed by atoms with Crippen molar-refractivity contribution in [2.45, 2.75) is 12.5 Å². The van der Waals surface area contributed by atoms with Crippen molar-refractivity contribution in [3.63, 3.8) is 0 Å². The van der Waals surface area contributed by atoms with Gasteiger partial charge in [-0.05, 0) is 17.2 Å². The van der Waals surface area contributed by atoms with E-state index in [0.717, 1.165) is 11.1 Å². The Bertz CT molecular complexity index is 894. The summed E-state index contributed by atoms with van der Waals surface area (Å²) in [6, 6.07) is 15.1. The van der Waals surface area contributed by atoms with Crippen molar-refractivity contribution in [1.82, 2.24) is 4.90 Å². The summed E-state index contributed by atoms with van der Waals surface area (Å²) in [4.78, 5) is 14.6. The Morgan fingerprint density at radius 1 is 1.07 bits per heavy atom. The van der Waals surface area contributed by atoms with Crippen molar-refractivity contribution in [2.24, 2.45) is 17.4 Å². The number of rotatable bonds is 6. The molecule has 7 heteroatoms. The Kier molecular flexibility index (Phi) is 5.75. The first kappa shape index (κ1) is 19.6. The van der Waals surface area contributed by atoms with E-state index in [-0.39, 0.29) is 29.5 Å². The van der Waals surface area contributed by atoms with Crippen LogP contribution in [0.15, 0.2) is 48.5 Å². The van der Waals surface area contributed by atoms with Crippen LogP contribution in [-0.2, 0) is 16.1 Å². The third kappa shape index (κ3) is 4.20. The van der Waals surface area contributed by atoms with E-state index in [1.54, 1.807) is 6.07 Å². The fraction of sp³-hybridized carbons (Fsp3) is 0.286. The Hall–Kier alpha value is -3.19. The summed E-state index contributed by atoms with van der Waals surface area (Å²) in [5.74, 6) is -0.472. The number of nitrogens with one attached hydrogen (secondary N) is 2. The van der Waals surface area contributed by atoms with Gasteiger partial charge in [-0.3, -0.25) is 20.5 Å². The number of carbonyl (C=O) groups excluding carboxylic acids is 1. The predicted octanol–water partition coefficient (Wildman–Crippen LogP) is 1.64. The second-order valence-electron chi connectivity index (χ2n) is 7.08. The molecule has 0 radical (unpaired) electrons. The predicted molar refractivity (Wildman–Crippen MR) is 108 cm³/mol. The summed E-state index contributed by atoms with van der Waals surface area (Å²) in [7, 11) is 1.41. The van der Waals surface area contributed by atoms with E-state index in [2.05, 4.69) is 4.90 Å². The zero-order valence-electron chi connectivity index (χ0n) is 15.8. The van der Waals surface area contributed by atoms with Gasteiger partial charge in [-0.15, -0.1) is 0 Å². The molecule has 0 aromatic heterocycles. The van der Waals surface area contributed by atoms with Crippen molar-refractivity contribution in [1.29, 1.82) is 10.8 Å². The van der Waals surface area contributed by atoms with Crippen LogP contribution in [0.5, 0.6) is 0 Å².